The molecule has 7 nitrogen and oxygen atoms in total. The molecule has 1 rings (SSSR count). The van der Waals surface area contributed by atoms with Crippen LogP contribution in [0.2, 0.25) is 0 Å². The number of amides is 1. The summed E-state index contributed by atoms with van der Waals surface area (Å²) >= 11 is 0. The van der Waals surface area contributed by atoms with Crippen molar-refractivity contribution in [3.05, 3.63) is 23.0 Å². The monoisotopic (exact) mass is 276 g/mol. The largest absolute Gasteiger partial charge is 0.462 e. The number of nitrogens with one attached hydrogen (secondary N) is 2. The van der Waals surface area contributed by atoms with Crippen molar-refractivity contribution in [1.29, 1.82) is 5.26 Å². The maximum Gasteiger partial charge on any atom is 0.341 e. The zero-order chi connectivity index (χ0) is 15.0. The number of aromatic nitrogens is 2. The molecule has 7 heteroatoms. The molecule has 20 heavy (non-hydrogen) atoms. The van der Waals surface area contributed by atoms with Crippen molar-refractivity contribution in [3.63, 3.8) is 0 Å². The Bertz CT molecular complexity index is 554. The molecule has 0 bridgehead atoms. The lowest BCUT2D eigenvalue weighted by atomic mass is 10.1. The highest BCUT2D eigenvalue weighted by atomic mass is 16.5. The summed E-state index contributed by atoms with van der Waals surface area (Å²) in [6.45, 7) is 4.30. The molecule has 0 aromatic carbocycles. The molecule has 0 aliphatic carbocycles. The van der Waals surface area contributed by atoms with Gasteiger partial charge >= 0.3 is 5.97 Å². The highest BCUT2D eigenvalue weighted by Gasteiger charge is 2.16. The summed E-state index contributed by atoms with van der Waals surface area (Å²) in [5.74, 6) is -1.04. The fraction of sp³-hybridized carbons (Fsp3) is 0.385. The summed E-state index contributed by atoms with van der Waals surface area (Å²) in [5.41, 5.74) is 0.350. The standard InChI is InChI=1S/C13H16N4O3/c1-3-5-15-12(18)9(7-14)6-11-10(8-16-17-11)13(19)20-4-2/h6,8H,3-5H2,1-2H3,(H,15,18)(H,16,17)/b9-6+. The summed E-state index contributed by atoms with van der Waals surface area (Å²) in [6, 6.07) is 1.80. The SMILES string of the molecule is CCCNC(=O)/C(C#N)=C/c1[nH]ncc1C(=O)OCC. The van der Waals surface area contributed by atoms with E-state index in [1.807, 2.05) is 6.92 Å². The number of rotatable bonds is 6. The summed E-state index contributed by atoms with van der Waals surface area (Å²) in [5, 5.41) is 17.9. The second-order valence-corrected chi connectivity index (χ2v) is 3.84. The van der Waals surface area contributed by atoms with E-state index in [0.29, 0.717) is 6.54 Å². The predicted octanol–water partition coefficient (Wildman–Crippen LogP) is 1.02. The molecule has 0 aliphatic rings. The molecule has 0 spiro atoms. The second-order valence-electron chi connectivity index (χ2n) is 3.84. The first kappa shape index (κ1) is 15.4. The van der Waals surface area contributed by atoms with Gasteiger partial charge in [0.25, 0.3) is 5.91 Å². The smallest absolute Gasteiger partial charge is 0.341 e. The number of hydrogen-bond acceptors (Lipinski definition) is 5. The minimum atomic E-state index is -0.557. The van der Waals surface area contributed by atoms with Crippen LogP contribution in [0.25, 0.3) is 6.08 Å². The van der Waals surface area contributed by atoms with Gasteiger partial charge in [-0.15, -0.1) is 0 Å². The molecular weight excluding hydrogens is 260 g/mol. The van der Waals surface area contributed by atoms with Crippen LogP contribution in [-0.2, 0) is 9.53 Å². The van der Waals surface area contributed by atoms with E-state index in [1.54, 1.807) is 13.0 Å². The Morgan fingerprint density at radius 2 is 2.30 bits per heavy atom. The van der Waals surface area contributed by atoms with Crippen molar-refractivity contribution >= 4 is 18.0 Å². The summed E-state index contributed by atoms with van der Waals surface area (Å²) in [7, 11) is 0. The van der Waals surface area contributed by atoms with Gasteiger partial charge in [0, 0.05) is 6.54 Å². The van der Waals surface area contributed by atoms with Crippen molar-refractivity contribution < 1.29 is 14.3 Å². The lowest BCUT2D eigenvalue weighted by molar-refractivity contribution is -0.117. The van der Waals surface area contributed by atoms with Crippen LogP contribution in [0.15, 0.2) is 11.8 Å². The van der Waals surface area contributed by atoms with Crippen LogP contribution in [-0.4, -0.2) is 35.2 Å². The zero-order valence-electron chi connectivity index (χ0n) is 11.4. The van der Waals surface area contributed by atoms with Crippen LogP contribution in [0.1, 0.15) is 36.3 Å². The maximum absolute atomic E-state index is 11.7. The van der Waals surface area contributed by atoms with Crippen LogP contribution in [0.4, 0.5) is 0 Å². The van der Waals surface area contributed by atoms with Gasteiger partial charge in [-0.25, -0.2) is 4.79 Å². The number of esters is 1. The van der Waals surface area contributed by atoms with E-state index in [0.717, 1.165) is 6.42 Å². The summed E-state index contributed by atoms with van der Waals surface area (Å²) < 4.78 is 4.86. The lowest BCUT2D eigenvalue weighted by Gasteiger charge is -2.02. The van der Waals surface area contributed by atoms with E-state index in [-0.39, 0.29) is 23.4 Å². The van der Waals surface area contributed by atoms with Gasteiger partial charge in [-0.05, 0) is 19.4 Å². The number of aromatic amines is 1. The number of nitrogens with zero attached hydrogens (tertiary/aromatic N) is 2. The third kappa shape index (κ3) is 3.95. The molecule has 1 aromatic heterocycles. The topological polar surface area (TPSA) is 108 Å². The average Bonchev–Trinajstić information content (AvgIpc) is 2.90. The van der Waals surface area contributed by atoms with Crippen molar-refractivity contribution in [3.8, 4) is 6.07 Å². The molecule has 1 amide bonds. The van der Waals surface area contributed by atoms with E-state index in [2.05, 4.69) is 15.5 Å². The van der Waals surface area contributed by atoms with Gasteiger partial charge in [0.05, 0.1) is 18.5 Å². The van der Waals surface area contributed by atoms with E-state index in [1.165, 1.54) is 12.3 Å². The summed E-state index contributed by atoms with van der Waals surface area (Å²) in [6.07, 6.45) is 3.34. The fourth-order valence-electron chi connectivity index (χ4n) is 1.40. The Labute approximate surface area is 116 Å². The molecule has 0 saturated carbocycles. The predicted molar refractivity (Wildman–Crippen MR) is 71.4 cm³/mol. The first-order valence-corrected chi connectivity index (χ1v) is 6.24. The number of carbonyl (C=O) groups is 2. The minimum absolute atomic E-state index is 0.103. The molecule has 1 heterocycles. The van der Waals surface area contributed by atoms with Crippen LogP contribution >= 0.6 is 0 Å². The van der Waals surface area contributed by atoms with E-state index < -0.39 is 11.9 Å². The normalized spacial score (nSPS) is 10.8. The number of H-pyrrole nitrogens is 1. The van der Waals surface area contributed by atoms with Crippen LogP contribution < -0.4 is 5.32 Å². The third-order valence-electron chi connectivity index (χ3n) is 2.35. The van der Waals surface area contributed by atoms with E-state index >= 15 is 0 Å². The average molecular weight is 276 g/mol. The number of hydrogen-bond donors (Lipinski definition) is 2. The van der Waals surface area contributed by atoms with Gasteiger partial charge in [0.1, 0.15) is 17.2 Å². The van der Waals surface area contributed by atoms with Gasteiger partial charge < -0.3 is 10.1 Å². The number of carbonyl (C=O) groups excluding carboxylic acids is 2. The Balaban J connectivity index is 2.97. The molecule has 0 fully saturated rings. The Morgan fingerprint density at radius 3 is 2.90 bits per heavy atom. The van der Waals surface area contributed by atoms with Gasteiger partial charge in [-0.2, -0.15) is 10.4 Å². The zero-order valence-corrected chi connectivity index (χ0v) is 11.4. The van der Waals surface area contributed by atoms with Gasteiger partial charge in [0.2, 0.25) is 0 Å². The highest BCUT2D eigenvalue weighted by molar-refractivity contribution is 6.03. The minimum Gasteiger partial charge on any atom is -0.462 e. The molecule has 106 valence electrons. The molecule has 0 radical (unpaired) electrons. The first-order valence-electron chi connectivity index (χ1n) is 6.24. The number of nitriles is 1. The molecular formula is C13H16N4O3. The Hall–Kier alpha value is -2.62. The Kier molecular flexibility index (Phi) is 5.97. The first-order chi connectivity index (χ1) is 9.63. The molecule has 0 unspecified atom stereocenters. The van der Waals surface area contributed by atoms with Crippen molar-refractivity contribution in [2.24, 2.45) is 0 Å². The fourth-order valence-corrected chi connectivity index (χ4v) is 1.40. The van der Waals surface area contributed by atoms with Gasteiger partial charge in [-0.1, -0.05) is 6.92 Å². The van der Waals surface area contributed by atoms with Gasteiger partial charge in [-0.3, -0.25) is 9.89 Å². The second kappa shape index (κ2) is 7.74. The Morgan fingerprint density at radius 1 is 1.55 bits per heavy atom. The molecule has 0 aliphatic heterocycles. The van der Waals surface area contributed by atoms with E-state index in [4.69, 9.17) is 10.00 Å². The van der Waals surface area contributed by atoms with Gasteiger partial charge in [0.15, 0.2) is 0 Å². The van der Waals surface area contributed by atoms with Crippen LogP contribution in [0, 0.1) is 11.3 Å². The van der Waals surface area contributed by atoms with E-state index in [9.17, 15) is 9.59 Å². The van der Waals surface area contributed by atoms with Crippen molar-refractivity contribution in [2.45, 2.75) is 20.3 Å². The van der Waals surface area contributed by atoms with Crippen molar-refractivity contribution in [1.82, 2.24) is 15.5 Å². The van der Waals surface area contributed by atoms with Crippen molar-refractivity contribution in [2.75, 3.05) is 13.2 Å². The highest BCUT2D eigenvalue weighted by Crippen LogP contribution is 2.11. The molecule has 1 aromatic rings. The maximum atomic E-state index is 11.7. The van der Waals surface area contributed by atoms with Crippen LogP contribution in [0.5, 0.6) is 0 Å². The molecule has 2 N–H and O–H groups in total. The molecule has 0 atom stereocenters. The quantitative estimate of drug-likeness (QED) is 0.458. The lowest BCUT2D eigenvalue weighted by Crippen LogP contribution is -2.25. The third-order valence-corrected chi connectivity index (χ3v) is 2.35. The number of ether oxygens (including phenoxy) is 1. The summed E-state index contributed by atoms with van der Waals surface area (Å²) in [4.78, 5) is 23.4. The molecule has 0 saturated heterocycles. The van der Waals surface area contributed by atoms with Crippen LogP contribution in [0.3, 0.4) is 0 Å².